The number of carbonyl (C=O) groups excluding carboxylic acids is 2. The lowest BCUT2D eigenvalue weighted by Crippen LogP contribution is -2.52. The Labute approximate surface area is 134 Å². The van der Waals surface area contributed by atoms with Gasteiger partial charge in [-0.05, 0) is 25.0 Å². The molecule has 1 rings (SSSR count). The molecule has 1 atom stereocenters. The van der Waals surface area contributed by atoms with Crippen molar-refractivity contribution in [3.63, 3.8) is 0 Å². The highest BCUT2D eigenvalue weighted by atomic mass is 19.1. The molecule has 2 amide bonds. The summed E-state index contributed by atoms with van der Waals surface area (Å²) in [5.74, 6) is -3.64. The Morgan fingerprint density at radius 3 is 2.26 bits per heavy atom. The molecule has 1 aromatic carbocycles. The number of hydrogen-bond acceptors (Lipinski definition) is 3. The minimum Gasteiger partial charge on any atom is -0.395 e. The van der Waals surface area contributed by atoms with E-state index in [1.54, 1.807) is 20.8 Å². The van der Waals surface area contributed by atoms with E-state index in [0.717, 1.165) is 18.2 Å². The molecule has 0 aliphatic rings. The van der Waals surface area contributed by atoms with Crippen molar-refractivity contribution in [3.05, 3.63) is 35.4 Å². The van der Waals surface area contributed by atoms with Gasteiger partial charge in [-0.2, -0.15) is 0 Å². The van der Waals surface area contributed by atoms with Gasteiger partial charge < -0.3 is 15.3 Å². The van der Waals surface area contributed by atoms with Gasteiger partial charge in [-0.25, -0.2) is 8.78 Å². The van der Waals surface area contributed by atoms with Crippen LogP contribution < -0.4 is 5.32 Å². The van der Waals surface area contributed by atoms with Gasteiger partial charge in [-0.3, -0.25) is 9.59 Å². The van der Waals surface area contributed by atoms with Crippen LogP contribution >= 0.6 is 0 Å². The van der Waals surface area contributed by atoms with E-state index in [1.807, 2.05) is 0 Å². The molecule has 0 fully saturated rings. The number of likely N-dealkylation sites (N-methyl/N-ethyl adjacent to an activating group) is 1. The number of halogens is 2. The quantitative estimate of drug-likeness (QED) is 0.798. The molecule has 0 bridgehead atoms. The minimum atomic E-state index is -0.986. The predicted octanol–water partition coefficient (Wildman–Crippen LogP) is 1.56. The van der Waals surface area contributed by atoms with Crippen molar-refractivity contribution in [2.75, 3.05) is 19.7 Å². The third-order valence-corrected chi connectivity index (χ3v) is 3.47. The van der Waals surface area contributed by atoms with Gasteiger partial charge in [0.05, 0.1) is 6.61 Å². The summed E-state index contributed by atoms with van der Waals surface area (Å²) in [6.45, 7) is 5.44. The summed E-state index contributed by atoms with van der Waals surface area (Å²) >= 11 is 0. The lowest BCUT2D eigenvalue weighted by atomic mass is 10.0. The van der Waals surface area contributed by atoms with Gasteiger partial charge >= 0.3 is 0 Å². The van der Waals surface area contributed by atoms with Crippen molar-refractivity contribution < 1.29 is 23.5 Å². The molecule has 0 heterocycles. The van der Waals surface area contributed by atoms with Crippen molar-refractivity contribution in [1.82, 2.24) is 10.2 Å². The Balaban J connectivity index is 3.00. The molecule has 0 aliphatic heterocycles. The summed E-state index contributed by atoms with van der Waals surface area (Å²) in [6, 6.07) is 2.18. The smallest absolute Gasteiger partial charge is 0.257 e. The largest absolute Gasteiger partial charge is 0.395 e. The third-order valence-electron chi connectivity index (χ3n) is 3.47. The van der Waals surface area contributed by atoms with E-state index in [0.29, 0.717) is 6.54 Å². The number of benzene rings is 1. The van der Waals surface area contributed by atoms with E-state index in [4.69, 9.17) is 5.11 Å². The SMILES string of the molecule is CCN(CCO)C(=O)[C@H](NC(=O)c1c(F)cccc1F)C(C)C. The van der Waals surface area contributed by atoms with Gasteiger partial charge in [-0.15, -0.1) is 0 Å². The number of aliphatic hydroxyl groups is 1. The maximum atomic E-state index is 13.7. The van der Waals surface area contributed by atoms with Crippen molar-refractivity contribution in [2.24, 2.45) is 5.92 Å². The van der Waals surface area contributed by atoms with E-state index < -0.39 is 35.1 Å². The van der Waals surface area contributed by atoms with Crippen LogP contribution in [0.3, 0.4) is 0 Å². The van der Waals surface area contributed by atoms with E-state index in [-0.39, 0.29) is 19.1 Å². The molecule has 0 spiro atoms. The molecule has 0 aliphatic carbocycles. The summed E-state index contributed by atoms with van der Waals surface area (Å²) in [5, 5.41) is 11.4. The van der Waals surface area contributed by atoms with Crippen LogP contribution in [0.25, 0.3) is 0 Å². The molecule has 0 radical (unpaired) electrons. The molecular formula is C16H22F2N2O3. The van der Waals surface area contributed by atoms with Crippen LogP contribution in [0, 0.1) is 17.6 Å². The van der Waals surface area contributed by atoms with Crippen LogP contribution in [-0.2, 0) is 4.79 Å². The normalized spacial score (nSPS) is 12.1. The molecular weight excluding hydrogens is 306 g/mol. The Morgan fingerprint density at radius 2 is 1.83 bits per heavy atom. The Hall–Kier alpha value is -2.02. The highest BCUT2D eigenvalue weighted by Gasteiger charge is 2.29. The van der Waals surface area contributed by atoms with Crippen molar-refractivity contribution in [2.45, 2.75) is 26.8 Å². The minimum absolute atomic E-state index is 0.127. The van der Waals surface area contributed by atoms with Gasteiger partial charge in [0.1, 0.15) is 23.2 Å². The number of rotatable bonds is 7. The lowest BCUT2D eigenvalue weighted by Gasteiger charge is -2.28. The van der Waals surface area contributed by atoms with Crippen LogP contribution in [0.15, 0.2) is 18.2 Å². The summed E-state index contributed by atoms with van der Waals surface area (Å²) in [7, 11) is 0. The van der Waals surface area contributed by atoms with Gasteiger partial charge in [0.25, 0.3) is 5.91 Å². The average Bonchev–Trinajstić information content (AvgIpc) is 2.49. The second-order valence-electron chi connectivity index (χ2n) is 5.43. The molecule has 0 saturated carbocycles. The molecule has 7 heteroatoms. The fourth-order valence-electron chi connectivity index (χ4n) is 2.18. The van der Waals surface area contributed by atoms with E-state index in [9.17, 15) is 18.4 Å². The maximum Gasteiger partial charge on any atom is 0.257 e. The summed E-state index contributed by atoms with van der Waals surface area (Å²) in [6.07, 6.45) is 0. The molecule has 5 nitrogen and oxygen atoms in total. The van der Waals surface area contributed by atoms with Gasteiger partial charge in [0.15, 0.2) is 0 Å². The molecule has 0 unspecified atom stereocenters. The predicted molar refractivity (Wildman–Crippen MR) is 81.8 cm³/mol. The monoisotopic (exact) mass is 328 g/mol. The molecule has 128 valence electrons. The molecule has 1 aromatic rings. The Morgan fingerprint density at radius 1 is 1.26 bits per heavy atom. The van der Waals surface area contributed by atoms with Gasteiger partial charge in [0, 0.05) is 13.1 Å². The van der Waals surface area contributed by atoms with Crippen LogP contribution in [0.2, 0.25) is 0 Å². The summed E-state index contributed by atoms with van der Waals surface area (Å²) in [5.41, 5.74) is -0.712. The Bertz CT molecular complexity index is 544. The zero-order valence-corrected chi connectivity index (χ0v) is 13.5. The van der Waals surface area contributed by atoms with Crippen molar-refractivity contribution >= 4 is 11.8 Å². The van der Waals surface area contributed by atoms with Crippen molar-refractivity contribution in [1.29, 1.82) is 0 Å². The molecule has 23 heavy (non-hydrogen) atoms. The van der Waals surface area contributed by atoms with E-state index in [1.165, 1.54) is 4.90 Å². The topological polar surface area (TPSA) is 69.6 Å². The van der Waals surface area contributed by atoms with Crippen LogP contribution in [0.1, 0.15) is 31.1 Å². The second-order valence-corrected chi connectivity index (χ2v) is 5.43. The first kappa shape index (κ1) is 19.0. The van der Waals surface area contributed by atoms with E-state index in [2.05, 4.69) is 5.32 Å². The van der Waals surface area contributed by atoms with Gasteiger partial charge in [-0.1, -0.05) is 19.9 Å². The van der Waals surface area contributed by atoms with Gasteiger partial charge in [0.2, 0.25) is 5.91 Å². The zero-order chi connectivity index (χ0) is 17.6. The fraction of sp³-hybridized carbons (Fsp3) is 0.500. The fourth-order valence-corrected chi connectivity index (χ4v) is 2.18. The first-order chi connectivity index (χ1) is 10.8. The molecule has 0 saturated heterocycles. The molecule has 0 aromatic heterocycles. The van der Waals surface area contributed by atoms with Crippen LogP contribution in [-0.4, -0.2) is 47.6 Å². The number of nitrogens with one attached hydrogen (secondary N) is 1. The lowest BCUT2D eigenvalue weighted by molar-refractivity contribution is -0.134. The van der Waals surface area contributed by atoms with E-state index >= 15 is 0 Å². The van der Waals surface area contributed by atoms with Crippen LogP contribution in [0.4, 0.5) is 8.78 Å². The van der Waals surface area contributed by atoms with Crippen molar-refractivity contribution in [3.8, 4) is 0 Å². The maximum absolute atomic E-state index is 13.7. The highest BCUT2D eigenvalue weighted by Crippen LogP contribution is 2.14. The number of carbonyl (C=O) groups is 2. The average molecular weight is 328 g/mol. The Kier molecular flexibility index (Phi) is 7.09. The first-order valence-corrected chi connectivity index (χ1v) is 7.48. The number of aliphatic hydroxyl groups excluding tert-OH is 1. The third kappa shape index (κ3) is 4.72. The first-order valence-electron chi connectivity index (χ1n) is 7.48. The number of hydrogen-bond donors (Lipinski definition) is 2. The standard InChI is InChI=1S/C16H22F2N2O3/c1-4-20(8-9-21)16(23)14(10(2)3)19-15(22)13-11(17)6-5-7-12(13)18/h5-7,10,14,21H,4,8-9H2,1-3H3,(H,19,22)/t14-/m1/s1. The van der Waals surface area contributed by atoms with Crippen LogP contribution in [0.5, 0.6) is 0 Å². The summed E-state index contributed by atoms with van der Waals surface area (Å²) < 4.78 is 27.3. The summed E-state index contributed by atoms with van der Waals surface area (Å²) in [4.78, 5) is 26.0. The number of nitrogens with zero attached hydrogens (tertiary/aromatic N) is 1. The number of amides is 2. The zero-order valence-electron chi connectivity index (χ0n) is 13.5. The molecule has 2 N–H and O–H groups in total. The highest BCUT2D eigenvalue weighted by molar-refractivity contribution is 5.98. The second kappa shape index (κ2) is 8.57.